The van der Waals surface area contributed by atoms with Gasteiger partial charge >= 0.3 is 0 Å². The topological polar surface area (TPSA) is 54.7 Å². The smallest absolute Gasteiger partial charge is 0.0806 e. The first kappa shape index (κ1) is 18.8. The van der Waals surface area contributed by atoms with Crippen LogP contribution in [0.4, 0.5) is 0 Å². The van der Waals surface area contributed by atoms with Gasteiger partial charge in [-0.3, -0.25) is 4.98 Å². The van der Waals surface area contributed by atoms with Crippen LogP contribution in [0.3, 0.4) is 0 Å². The molecule has 0 saturated carbocycles. The summed E-state index contributed by atoms with van der Waals surface area (Å²) < 4.78 is 1.02. The number of unbranched alkanes of at least 4 members (excludes halogenated alkanes) is 1. The number of aryl methyl sites for hydroxylation is 1. The molecule has 0 unspecified atom stereocenters. The van der Waals surface area contributed by atoms with E-state index in [-0.39, 0.29) is 0 Å². The van der Waals surface area contributed by atoms with Gasteiger partial charge in [-0.15, -0.1) is 0 Å². The van der Waals surface area contributed by atoms with Crippen LogP contribution in [0.1, 0.15) is 18.4 Å². The predicted molar refractivity (Wildman–Crippen MR) is 119 cm³/mol. The second-order valence-electron chi connectivity index (χ2n) is 6.53. The van der Waals surface area contributed by atoms with Crippen molar-refractivity contribution in [1.29, 1.82) is 0 Å². The summed E-state index contributed by atoms with van der Waals surface area (Å²) in [5.41, 5.74) is 10.9. The molecule has 0 atom stereocenters. The first-order chi connectivity index (χ1) is 13.1. The molecule has 0 aliphatic heterocycles. The fourth-order valence-electron chi connectivity index (χ4n) is 3.58. The number of rotatable bonds is 5. The Labute approximate surface area is 176 Å². The molecule has 6 heteroatoms. The van der Waals surface area contributed by atoms with Crippen molar-refractivity contribution >= 4 is 60.9 Å². The van der Waals surface area contributed by atoms with E-state index in [0.717, 1.165) is 56.8 Å². The zero-order valence-corrected chi connectivity index (χ0v) is 17.6. The summed E-state index contributed by atoms with van der Waals surface area (Å²) in [4.78, 5) is 8.18. The molecule has 2 aromatic heterocycles. The number of aromatic amines is 1. The molecule has 0 saturated heterocycles. The maximum absolute atomic E-state index is 6.57. The molecule has 2 heterocycles. The number of H-pyrrole nitrogens is 1. The maximum atomic E-state index is 6.57. The van der Waals surface area contributed by atoms with E-state index in [1.165, 1.54) is 5.56 Å². The fraction of sp³-hybridized carbons (Fsp3) is 0.190. The van der Waals surface area contributed by atoms with Crippen molar-refractivity contribution in [3.8, 4) is 11.3 Å². The van der Waals surface area contributed by atoms with Gasteiger partial charge in [-0.25, -0.2) is 0 Å². The highest BCUT2D eigenvalue weighted by Crippen LogP contribution is 2.40. The first-order valence-electron chi connectivity index (χ1n) is 8.83. The Bertz CT molecular complexity index is 1140. The van der Waals surface area contributed by atoms with E-state index in [9.17, 15) is 0 Å². The number of fused-ring (bicyclic) bond motifs is 2. The number of benzene rings is 2. The van der Waals surface area contributed by atoms with Gasteiger partial charge in [0, 0.05) is 37.5 Å². The molecule has 3 N–H and O–H groups in total. The molecule has 138 valence electrons. The highest BCUT2D eigenvalue weighted by atomic mass is 79.9. The van der Waals surface area contributed by atoms with Gasteiger partial charge in [0.25, 0.3) is 0 Å². The Kier molecular flexibility index (Phi) is 5.42. The highest BCUT2D eigenvalue weighted by molar-refractivity contribution is 9.10. The van der Waals surface area contributed by atoms with E-state index in [2.05, 4.69) is 44.1 Å². The lowest BCUT2D eigenvalue weighted by atomic mass is 9.98. The summed E-state index contributed by atoms with van der Waals surface area (Å²) in [5.74, 6) is 0. The van der Waals surface area contributed by atoms with Crippen LogP contribution in [0, 0.1) is 0 Å². The molecule has 4 rings (SSSR count). The fourth-order valence-corrected chi connectivity index (χ4v) is 4.64. The molecule has 2 aromatic carbocycles. The van der Waals surface area contributed by atoms with Crippen molar-refractivity contribution < 1.29 is 0 Å². The lowest BCUT2D eigenvalue weighted by Crippen LogP contribution is -1.99. The second kappa shape index (κ2) is 7.80. The Morgan fingerprint density at radius 1 is 1.11 bits per heavy atom. The van der Waals surface area contributed by atoms with E-state index in [1.54, 1.807) is 6.07 Å². The summed E-state index contributed by atoms with van der Waals surface area (Å²) in [6.45, 7) is 0.681. The van der Waals surface area contributed by atoms with E-state index in [4.69, 9.17) is 28.9 Å². The minimum atomic E-state index is 0.618. The van der Waals surface area contributed by atoms with Crippen LogP contribution >= 0.6 is 39.1 Å². The summed E-state index contributed by atoms with van der Waals surface area (Å²) >= 11 is 16.4. The molecule has 0 spiro atoms. The van der Waals surface area contributed by atoms with Gasteiger partial charge in [-0.1, -0.05) is 45.2 Å². The Morgan fingerprint density at radius 3 is 2.78 bits per heavy atom. The predicted octanol–water partition coefficient (Wildman–Crippen LogP) is 6.73. The van der Waals surface area contributed by atoms with Crippen LogP contribution in [0.15, 0.2) is 47.1 Å². The minimum Gasteiger partial charge on any atom is -0.354 e. The number of nitrogens with two attached hydrogens (primary N) is 1. The van der Waals surface area contributed by atoms with Crippen molar-refractivity contribution in [2.45, 2.75) is 19.3 Å². The Balaban J connectivity index is 2.00. The summed E-state index contributed by atoms with van der Waals surface area (Å²) in [6, 6.07) is 11.9. The number of halogens is 3. The second-order valence-corrected chi connectivity index (χ2v) is 8.23. The summed E-state index contributed by atoms with van der Waals surface area (Å²) in [5, 5.41) is 3.38. The average molecular weight is 463 g/mol. The van der Waals surface area contributed by atoms with Crippen LogP contribution in [0.2, 0.25) is 10.0 Å². The van der Waals surface area contributed by atoms with E-state index < -0.39 is 0 Å². The number of pyridine rings is 1. The molecule has 4 aromatic rings. The van der Waals surface area contributed by atoms with E-state index >= 15 is 0 Å². The molecule has 0 fully saturated rings. The molecular weight excluding hydrogens is 445 g/mol. The SMILES string of the molecule is NCCCCc1c(-c2ccc(Br)c3cccnc23)[nH]c2cc(Cl)cc(Cl)c12. The molecule has 0 bridgehead atoms. The van der Waals surface area contributed by atoms with Crippen LogP contribution in [0.5, 0.6) is 0 Å². The van der Waals surface area contributed by atoms with Crippen LogP contribution in [-0.2, 0) is 6.42 Å². The molecule has 0 amide bonds. The van der Waals surface area contributed by atoms with Crippen molar-refractivity contribution in [1.82, 2.24) is 9.97 Å². The molecule has 3 nitrogen and oxygen atoms in total. The Morgan fingerprint density at radius 2 is 1.96 bits per heavy atom. The lowest BCUT2D eigenvalue weighted by Gasteiger charge is -2.09. The third kappa shape index (κ3) is 3.47. The monoisotopic (exact) mass is 461 g/mol. The number of nitrogens with one attached hydrogen (secondary N) is 1. The number of nitrogens with zero attached hydrogens (tertiary/aromatic N) is 1. The largest absolute Gasteiger partial charge is 0.354 e. The Hall–Kier alpha value is -1.59. The first-order valence-corrected chi connectivity index (χ1v) is 10.4. The lowest BCUT2D eigenvalue weighted by molar-refractivity contribution is 0.748. The zero-order chi connectivity index (χ0) is 19.0. The van der Waals surface area contributed by atoms with Gasteiger partial charge < -0.3 is 10.7 Å². The average Bonchev–Trinajstić information content (AvgIpc) is 3.01. The van der Waals surface area contributed by atoms with Gasteiger partial charge in [0.1, 0.15) is 0 Å². The standard InChI is InChI=1S/C21H18BrCl2N3/c22-16-7-6-15(20-13(16)5-3-9-26-20)21-14(4-1-2-8-25)19-17(24)10-12(23)11-18(19)27-21/h3,5-7,9-11,27H,1-2,4,8,25H2. The third-order valence-electron chi connectivity index (χ3n) is 4.78. The maximum Gasteiger partial charge on any atom is 0.0806 e. The van der Waals surface area contributed by atoms with Crippen LogP contribution in [0.25, 0.3) is 33.1 Å². The molecular formula is C21H18BrCl2N3. The summed E-state index contributed by atoms with van der Waals surface area (Å²) in [6.07, 6.45) is 4.67. The van der Waals surface area contributed by atoms with Crippen molar-refractivity contribution in [2.24, 2.45) is 5.73 Å². The number of hydrogen-bond donors (Lipinski definition) is 2. The molecule has 27 heavy (non-hydrogen) atoms. The summed E-state index contributed by atoms with van der Waals surface area (Å²) in [7, 11) is 0. The van der Waals surface area contributed by atoms with Crippen LogP contribution < -0.4 is 5.73 Å². The van der Waals surface area contributed by atoms with Crippen molar-refractivity contribution in [2.75, 3.05) is 6.54 Å². The molecule has 0 aliphatic rings. The number of hydrogen-bond acceptors (Lipinski definition) is 2. The van der Waals surface area contributed by atoms with E-state index in [0.29, 0.717) is 16.6 Å². The van der Waals surface area contributed by atoms with Gasteiger partial charge in [0.2, 0.25) is 0 Å². The number of aromatic nitrogens is 2. The van der Waals surface area contributed by atoms with Crippen LogP contribution in [-0.4, -0.2) is 16.5 Å². The van der Waals surface area contributed by atoms with Gasteiger partial charge in [-0.2, -0.15) is 0 Å². The normalized spacial score (nSPS) is 11.6. The molecule has 0 aliphatic carbocycles. The third-order valence-corrected chi connectivity index (χ3v) is 5.99. The zero-order valence-electron chi connectivity index (χ0n) is 14.5. The highest BCUT2D eigenvalue weighted by Gasteiger charge is 2.18. The minimum absolute atomic E-state index is 0.618. The van der Waals surface area contributed by atoms with E-state index in [1.807, 2.05) is 18.3 Å². The van der Waals surface area contributed by atoms with Crippen molar-refractivity contribution in [3.63, 3.8) is 0 Å². The van der Waals surface area contributed by atoms with Gasteiger partial charge in [0.05, 0.1) is 16.2 Å². The van der Waals surface area contributed by atoms with Gasteiger partial charge in [0.15, 0.2) is 0 Å². The van der Waals surface area contributed by atoms with Crippen molar-refractivity contribution in [3.05, 3.63) is 62.7 Å². The quantitative estimate of drug-likeness (QED) is 0.323. The molecule has 0 radical (unpaired) electrons. The van der Waals surface area contributed by atoms with Gasteiger partial charge in [-0.05, 0) is 61.7 Å².